The van der Waals surface area contributed by atoms with Crippen LogP contribution in [0.15, 0.2) is 16.9 Å². The van der Waals surface area contributed by atoms with Crippen molar-refractivity contribution in [2.75, 3.05) is 5.32 Å². The molecule has 1 atom stereocenters. The zero-order valence-electron chi connectivity index (χ0n) is 16.3. The van der Waals surface area contributed by atoms with Crippen LogP contribution in [-0.4, -0.2) is 27.0 Å². The van der Waals surface area contributed by atoms with Gasteiger partial charge in [-0.25, -0.2) is 9.37 Å². The predicted octanol–water partition coefficient (Wildman–Crippen LogP) is 2.30. The van der Waals surface area contributed by atoms with Gasteiger partial charge in [-0.2, -0.15) is 0 Å². The summed E-state index contributed by atoms with van der Waals surface area (Å²) in [6.45, 7) is 4.74. The highest BCUT2D eigenvalue weighted by molar-refractivity contribution is 6.04. The number of nitrogens with one attached hydrogen (secondary N) is 1. The van der Waals surface area contributed by atoms with Gasteiger partial charge in [0.2, 0.25) is 5.91 Å². The van der Waals surface area contributed by atoms with E-state index in [-0.39, 0.29) is 41.0 Å². The highest BCUT2D eigenvalue weighted by atomic mass is 19.1. The highest BCUT2D eigenvalue weighted by Gasteiger charge is 2.31. The molecule has 1 aromatic heterocycles. The van der Waals surface area contributed by atoms with Crippen LogP contribution in [0.2, 0.25) is 0 Å². The Balaban J connectivity index is 2.28. The smallest absolute Gasteiger partial charge is 0.264 e. The summed E-state index contributed by atoms with van der Waals surface area (Å²) in [6, 6.07) is 0.0973. The number of aryl methyl sites for hydroxylation is 1. The van der Waals surface area contributed by atoms with Crippen LogP contribution in [0, 0.1) is 18.7 Å². The molecule has 2 aromatic rings. The Hall–Kier alpha value is -2.90. The molecule has 1 fully saturated rings. The zero-order chi connectivity index (χ0) is 20.8. The molecule has 1 amide bonds. The molecule has 0 spiro atoms. The molecule has 1 aliphatic rings. The number of nitrogens with zero attached hydrogens (tertiary/aromatic N) is 2. The van der Waals surface area contributed by atoms with Crippen molar-refractivity contribution in [3.8, 4) is 0 Å². The topological polar surface area (TPSA) is 98.1 Å². The standard InChI is InChI=1S/C19H20FN3O4/c1-9(2)18(26)22-14-7-11(20)6-13-17(14)19(27)23(10(3)21-13)15-5-4-12(24)8-16(15)25/h6-7,9,15H,4-5,8H2,1-3H3,(H,22,26)/i15D. The molecule has 8 heteroatoms. The van der Waals surface area contributed by atoms with Crippen LogP contribution in [0.4, 0.5) is 10.1 Å². The van der Waals surface area contributed by atoms with E-state index in [1.165, 1.54) is 6.92 Å². The maximum Gasteiger partial charge on any atom is 0.264 e. The number of Topliss-reactive ketones (excluding diaryl/α,β-unsaturated/α-hetero) is 2. The summed E-state index contributed by atoms with van der Waals surface area (Å²) in [5.74, 6) is -2.42. The Morgan fingerprint density at radius 3 is 2.70 bits per heavy atom. The number of benzene rings is 1. The van der Waals surface area contributed by atoms with E-state index < -0.39 is 41.4 Å². The fourth-order valence-corrected chi connectivity index (χ4v) is 3.09. The number of hydrogen-bond acceptors (Lipinski definition) is 5. The van der Waals surface area contributed by atoms with Crippen molar-refractivity contribution in [3.63, 3.8) is 0 Å². The summed E-state index contributed by atoms with van der Waals surface area (Å²) in [6.07, 6.45) is -0.569. The Morgan fingerprint density at radius 2 is 2.07 bits per heavy atom. The minimum atomic E-state index is -1.97. The van der Waals surface area contributed by atoms with Crippen molar-refractivity contribution in [3.05, 3.63) is 34.1 Å². The maximum absolute atomic E-state index is 14.0. The minimum absolute atomic E-state index is 0.000479. The first-order valence-electron chi connectivity index (χ1n) is 9.14. The average molecular weight is 374 g/mol. The van der Waals surface area contributed by atoms with Crippen molar-refractivity contribution in [1.29, 1.82) is 0 Å². The van der Waals surface area contributed by atoms with Crippen molar-refractivity contribution < 1.29 is 20.1 Å². The molecule has 0 aliphatic heterocycles. The number of carbonyl (C=O) groups excluding carboxylic acids is 3. The lowest BCUT2D eigenvalue weighted by Crippen LogP contribution is -2.36. The average Bonchev–Trinajstić information content (AvgIpc) is 2.57. The number of carbonyl (C=O) groups is 3. The summed E-state index contributed by atoms with van der Waals surface area (Å²) in [7, 11) is 0. The van der Waals surface area contributed by atoms with E-state index in [9.17, 15) is 23.6 Å². The second-order valence-electron chi connectivity index (χ2n) is 6.88. The van der Waals surface area contributed by atoms with Crippen LogP contribution in [0.25, 0.3) is 10.9 Å². The van der Waals surface area contributed by atoms with Crippen LogP contribution in [0.1, 0.15) is 46.3 Å². The van der Waals surface area contributed by atoms with Crippen LogP contribution in [0.5, 0.6) is 0 Å². The molecular formula is C19H20FN3O4. The first kappa shape index (κ1) is 17.5. The van der Waals surface area contributed by atoms with Gasteiger partial charge in [0.15, 0.2) is 5.78 Å². The lowest BCUT2D eigenvalue weighted by molar-refractivity contribution is -0.132. The highest BCUT2D eigenvalue weighted by Crippen LogP contribution is 2.26. The van der Waals surface area contributed by atoms with Gasteiger partial charge in [-0.15, -0.1) is 0 Å². The van der Waals surface area contributed by atoms with Crippen molar-refractivity contribution >= 4 is 34.1 Å². The van der Waals surface area contributed by atoms with Gasteiger partial charge in [-0.05, 0) is 19.4 Å². The summed E-state index contributed by atoms with van der Waals surface area (Å²) in [5.41, 5.74) is -0.789. The van der Waals surface area contributed by atoms with Gasteiger partial charge < -0.3 is 5.32 Å². The molecule has 1 aliphatic carbocycles. The van der Waals surface area contributed by atoms with Gasteiger partial charge >= 0.3 is 0 Å². The third-order valence-corrected chi connectivity index (χ3v) is 4.48. The number of ketones is 2. The largest absolute Gasteiger partial charge is 0.325 e. The monoisotopic (exact) mass is 374 g/mol. The summed E-state index contributed by atoms with van der Waals surface area (Å²) >= 11 is 0. The SMILES string of the molecule is [2H]C1(n2c(C)nc3cc(F)cc(NC(=O)C(C)C)c3c2=O)CCC(=O)CC1=O. The number of amides is 1. The Morgan fingerprint density at radius 1 is 1.37 bits per heavy atom. The van der Waals surface area contributed by atoms with Gasteiger partial charge in [0, 0.05) is 18.4 Å². The van der Waals surface area contributed by atoms with Crippen molar-refractivity contribution in [1.82, 2.24) is 9.55 Å². The third kappa shape index (κ3) is 3.51. The summed E-state index contributed by atoms with van der Waals surface area (Å²) < 4.78 is 23.6. The van der Waals surface area contributed by atoms with Crippen LogP contribution >= 0.6 is 0 Å². The second-order valence-corrected chi connectivity index (χ2v) is 6.88. The van der Waals surface area contributed by atoms with E-state index in [2.05, 4.69) is 10.3 Å². The quantitative estimate of drug-likeness (QED) is 0.832. The molecule has 0 saturated heterocycles. The summed E-state index contributed by atoms with van der Waals surface area (Å²) in [4.78, 5) is 53.5. The van der Waals surface area contributed by atoms with E-state index in [0.717, 1.165) is 16.7 Å². The Kier molecular flexibility index (Phi) is 4.55. The van der Waals surface area contributed by atoms with E-state index in [1.807, 2.05) is 0 Å². The summed E-state index contributed by atoms with van der Waals surface area (Å²) in [5, 5.41) is 2.43. The number of hydrogen-bond donors (Lipinski definition) is 1. The Bertz CT molecular complexity index is 1080. The fraction of sp³-hybridized carbons (Fsp3) is 0.421. The molecular weight excluding hydrogens is 353 g/mol. The molecule has 1 N–H and O–H groups in total. The number of anilines is 1. The molecule has 1 heterocycles. The van der Waals surface area contributed by atoms with Crippen LogP contribution in [0.3, 0.4) is 0 Å². The predicted molar refractivity (Wildman–Crippen MR) is 97.1 cm³/mol. The molecule has 1 aromatic carbocycles. The third-order valence-electron chi connectivity index (χ3n) is 4.48. The van der Waals surface area contributed by atoms with E-state index in [4.69, 9.17) is 1.37 Å². The zero-order valence-corrected chi connectivity index (χ0v) is 15.3. The lowest BCUT2D eigenvalue weighted by atomic mass is 9.92. The van der Waals surface area contributed by atoms with E-state index >= 15 is 0 Å². The fourth-order valence-electron chi connectivity index (χ4n) is 3.09. The number of aromatic nitrogens is 2. The van der Waals surface area contributed by atoms with Gasteiger partial charge in [0.05, 0.1) is 30.4 Å². The van der Waals surface area contributed by atoms with Crippen LogP contribution in [-0.2, 0) is 14.4 Å². The van der Waals surface area contributed by atoms with Gasteiger partial charge in [-0.1, -0.05) is 13.8 Å². The molecule has 27 heavy (non-hydrogen) atoms. The number of fused-ring (bicyclic) bond motifs is 1. The molecule has 1 saturated carbocycles. The first-order valence-corrected chi connectivity index (χ1v) is 8.64. The number of halogens is 1. The van der Waals surface area contributed by atoms with E-state index in [0.29, 0.717) is 0 Å². The molecule has 142 valence electrons. The Labute approximate surface area is 156 Å². The molecule has 1 unspecified atom stereocenters. The van der Waals surface area contributed by atoms with Crippen molar-refractivity contribution in [2.24, 2.45) is 5.92 Å². The lowest BCUT2D eigenvalue weighted by Gasteiger charge is -2.24. The van der Waals surface area contributed by atoms with Gasteiger partial charge in [0.25, 0.3) is 5.56 Å². The molecule has 3 rings (SSSR count). The van der Waals surface area contributed by atoms with E-state index in [1.54, 1.807) is 13.8 Å². The van der Waals surface area contributed by atoms with Crippen molar-refractivity contribution in [2.45, 2.75) is 46.1 Å². The maximum atomic E-state index is 14.0. The minimum Gasteiger partial charge on any atom is -0.325 e. The van der Waals surface area contributed by atoms with Gasteiger partial charge in [-0.3, -0.25) is 23.7 Å². The molecule has 0 radical (unpaired) electrons. The second kappa shape index (κ2) is 7.02. The normalized spacial score (nSPS) is 20.9. The number of rotatable bonds is 3. The first-order chi connectivity index (χ1) is 13.0. The van der Waals surface area contributed by atoms with Crippen LogP contribution < -0.4 is 10.9 Å². The van der Waals surface area contributed by atoms with Gasteiger partial charge in [0.1, 0.15) is 17.4 Å². The molecule has 0 bridgehead atoms. The molecule has 7 nitrogen and oxygen atoms in total.